The predicted molar refractivity (Wildman–Crippen MR) is 82.5 cm³/mol. The van der Waals surface area contributed by atoms with E-state index in [-0.39, 0.29) is 12.1 Å². The lowest BCUT2D eigenvalue weighted by Gasteiger charge is -2.39. The fraction of sp³-hybridized carbons (Fsp3) is 1.00. The van der Waals surface area contributed by atoms with Gasteiger partial charge in [-0.05, 0) is 52.9 Å². The third-order valence-corrected chi connectivity index (χ3v) is 4.31. The number of aliphatic hydroxyl groups is 1. The van der Waals surface area contributed by atoms with Crippen LogP contribution >= 0.6 is 0 Å². The first-order valence-electron chi connectivity index (χ1n) is 7.88. The third kappa shape index (κ3) is 5.80. The fourth-order valence-electron chi connectivity index (χ4n) is 3.05. The molecule has 0 saturated heterocycles. The van der Waals surface area contributed by atoms with Crippen molar-refractivity contribution in [2.75, 3.05) is 26.2 Å². The van der Waals surface area contributed by atoms with E-state index in [1.54, 1.807) is 0 Å². The number of hydrogen-bond acceptors (Lipinski definition) is 3. The van der Waals surface area contributed by atoms with E-state index in [2.05, 4.69) is 44.8 Å². The Morgan fingerprint density at radius 1 is 1.21 bits per heavy atom. The Morgan fingerprint density at radius 3 is 2.21 bits per heavy atom. The van der Waals surface area contributed by atoms with Crippen LogP contribution in [0.15, 0.2) is 0 Å². The van der Waals surface area contributed by atoms with Crippen molar-refractivity contribution in [2.45, 2.75) is 71.9 Å². The molecule has 3 nitrogen and oxygen atoms in total. The third-order valence-electron chi connectivity index (χ3n) is 4.31. The van der Waals surface area contributed by atoms with Gasteiger partial charge < -0.3 is 10.4 Å². The quantitative estimate of drug-likeness (QED) is 0.746. The zero-order valence-electron chi connectivity index (χ0n) is 13.6. The average Bonchev–Trinajstić information content (AvgIpc) is 2.74. The van der Waals surface area contributed by atoms with Crippen molar-refractivity contribution in [3.05, 3.63) is 0 Å². The van der Waals surface area contributed by atoms with E-state index in [4.69, 9.17) is 0 Å². The van der Waals surface area contributed by atoms with Gasteiger partial charge in [0.1, 0.15) is 0 Å². The van der Waals surface area contributed by atoms with Crippen LogP contribution in [0.2, 0.25) is 0 Å². The molecule has 0 spiro atoms. The van der Waals surface area contributed by atoms with Crippen LogP contribution in [0.4, 0.5) is 0 Å². The van der Waals surface area contributed by atoms with Crippen molar-refractivity contribution in [2.24, 2.45) is 5.41 Å². The minimum absolute atomic E-state index is 0.190. The lowest BCUT2D eigenvalue weighted by Crippen LogP contribution is -2.49. The van der Waals surface area contributed by atoms with E-state index >= 15 is 0 Å². The molecule has 0 aromatic carbocycles. The van der Waals surface area contributed by atoms with Crippen molar-refractivity contribution < 1.29 is 5.11 Å². The standard InChI is InChI=1S/C16H34N2O/c1-14(2)18(10-11-19)13-16(8-6-7-9-16)12-17-15(3,4)5/h14,17,19H,6-13H2,1-5H3. The van der Waals surface area contributed by atoms with E-state index in [0.29, 0.717) is 11.5 Å². The number of rotatable bonds is 7. The van der Waals surface area contributed by atoms with Crippen LogP contribution in [0.3, 0.4) is 0 Å². The highest BCUT2D eigenvalue weighted by atomic mass is 16.3. The molecule has 2 N–H and O–H groups in total. The molecule has 114 valence electrons. The normalized spacial score (nSPS) is 19.6. The Hall–Kier alpha value is -0.120. The Morgan fingerprint density at radius 2 is 1.79 bits per heavy atom. The van der Waals surface area contributed by atoms with E-state index in [0.717, 1.165) is 19.6 Å². The van der Waals surface area contributed by atoms with Crippen molar-refractivity contribution in [3.8, 4) is 0 Å². The second-order valence-corrected chi connectivity index (χ2v) is 7.60. The molecule has 0 bridgehead atoms. The molecular formula is C16H34N2O. The van der Waals surface area contributed by atoms with Crippen molar-refractivity contribution in [1.82, 2.24) is 10.2 Å². The maximum atomic E-state index is 9.25. The van der Waals surface area contributed by atoms with Crippen molar-refractivity contribution in [3.63, 3.8) is 0 Å². The first-order chi connectivity index (χ1) is 8.78. The summed E-state index contributed by atoms with van der Waals surface area (Å²) in [5.74, 6) is 0. The molecule has 0 unspecified atom stereocenters. The lowest BCUT2D eigenvalue weighted by molar-refractivity contribution is 0.0953. The molecule has 0 aromatic rings. The topological polar surface area (TPSA) is 35.5 Å². The van der Waals surface area contributed by atoms with Crippen LogP contribution in [-0.4, -0.2) is 47.8 Å². The van der Waals surface area contributed by atoms with Crippen LogP contribution in [0, 0.1) is 5.41 Å². The summed E-state index contributed by atoms with van der Waals surface area (Å²) < 4.78 is 0. The Bertz CT molecular complexity index is 252. The van der Waals surface area contributed by atoms with Crippen LogP contribution in [0.25, 0.3) is 0 Å². The molecule has 19 heavy (non-hydrogen) atoms. The molecule has 0 amide bonds. The summed E-state index contributed by atoms with van der Waals surface area (Å²) >= 11 is 0. The zero-order valence-corrected chi connectivity index (χ0v) is 13.6. The lowest BCUT2D eigenvalue weighted by atomic mass is 9.84. The molecule has 1 aliphatic carbocycles. The molecule has 0 atom stereocenters. The van der Waals surface area contributed by atoms with Gasteiger partial charge in [0.05, 0.1) is 6.61 Å². The van der Waals surface area contributed by atoms with Gasteiger partial charge in [-0.15, -0.1) is 0 Å². The maximum absolute atomic E-state index is 9.25. The van der Waals surface area contributed by atoms with Gasteiger partial charge >= 0.3 is 0 Å². The molecule has 1 aliphatic rings. The summed E-state index contributed by atoms with van der Waals surface area (Å²) in [6, 6.07) is 0.513. The Labute approximate surface area is 119 Å². The molecule has 0 aliphatic heterocycles. The summed E-state index contributed by atoms with van der Waals surface area (Å²) in [6.45, 7) is 14.5. The monoisotopic (exact) mass is 270 g/mol. The van der Waals surface area contributed by atoms with Crippen molar-refractivity contribution >= 4 is 0 Å². The highest BCUT2D eigenvalue weighted by Crippen LogP contribution is 2.39. The number of hydrogen-bond donors (Lipinski definition) is 2. The zero-order chi connectivity index (χ0) is 14.5. The minimum Gasteiger partial charge on any atom is -0.395 e. The molecule has 0 radical (unpaired) electrons. The SMILES string of the molecule is CC(C)N(CCO)CC1(CNC(C)(C)C)CCCC1. The largest absolute Gasteiger partial charge is 0.395 e. The van der Waals surface area contributed by atoms with Gasteiger partial charge in [0.15, 0.2) is 0 Å². The molecular weight excluding hydrogens is 236 g/mol. The maximum Gasteiger partial charge on any atom is 0.0558 e. The highest BCUT2D eigenvalue weighted by Gasteiger charge is 2.36. The van der Waals surface area contributed by atoms with E-state index < -0.39 is 0 Å². The molecule has 1 rings (SSSR count). The Kier molecular flexibility index (Phi) is 6.28. The molecule has 1 saturated carbocycles. The van der Waals surface area contributed by atoms with Crippen LogP contribution < -0.4 is 5.32 Å². The van der Waals surface area contributed by atoms with Crippen LogP contribution in [-0.2, 0) is 0 Å². The van der Waals surface area contributed by atoms with Gasteiger partial charge in [-0.1, -0.05) is 12.8 Å². The van der Waals surface area contributed by atoms with Gasteiger partial charge in [-0.3, -0.25) is 4.90 Å². The average molecular weight is 270 g/mol. The first-order valence-corrected chi connectivity index (χ1v) is 7.88. The van der Waals surface area contributed by atoms with Crippen molar-refractivity contribution in [1.29, 1.82) is 0 Å². The number of nitrogens with one attached hydrogen (secondary N) is 1. The van der Waals surface area contributed by atoms with E-state index in [1.807, 2.05) is 0 Å². The molecule has 0 aromatic heterocycles. The van der Waals surface area contributed by atoms with E-state index in [1.165, 1.54) is 25.7 Å². The summed E-state index contributed by atoms with van der Waals surface area (Å²) in [5, 5.41) is 12.9. The van der Waals surface area contributed by atoms with E-state index in [9.17, 15) is 5.11 Å². The Balaban J connectivity index is 2.64. The first kappa shape index (κ1) is 16.9. The summed E-state index contributed by atoms with van der Waals surface area (Å²) in [4.78, 5) is 2.44. The molecule has 3 heteroatoms. The minimum atomic E-state index is 0.190. The second kappa shape index (κ2) is 7.05. The molecule has 0 heterocycles. The summed E-state index contributed by atoms with van der Waals surface area (Å²) in [6.07, 6.45) is 5.36. The number of aliphatic hydroxyl groups excluding tert-OH is 1. The fourth-order valence-corrected chi connectivity index (χ4v) is 3.05. The second-order valence-electron chi connectivity index (χ2n) is 7.60. The van der Waals surface area contributed by atoms with Gasteiger partial charge in [-0.2, -0.15) is 0 Å². The summed E-state index contributed by atoms with van der Waals surface area (Å²) in [5.41, 5.74) is 0.599. The summed E-state index contributed by atoms with van der Waals surface area (Å²) in [7, 11) is 0. The number of nitrogens with zero attached hydrogens (tertiary/aromatic N) is 1. The van der Waals surface area contributed by atoms with Gasteiger partial charge in [-0.25, -0.2) is 0 Å². The smallest absolute Gasteiger partial charge is 0.0558 e. The predicted octanol–water partition coefficient (Wildman–Crippen LogP) is 2.64. The highest BCUT2D eigenvalue weighted by molar-refractivity contribution is 4.91. The van der Waals surface area contributed by atoms with Crippen LogP contribution in [0.1, 0.15) is 60.3 Å². The molecule has 1 fully saturated rings. The van der Waals surface area contributed by atoms with Gasteiger partial charge in [0.25, 0.3) is 0 Å². The van der Waals surface area contributed by atoms with Crippen LogP contribution in [0.5, 0.6) is 0 Å². The van der Waals surface area contributed by atoms with Gasteiger partial charge in [0.2, 0.25) is 0 Å². The van der Waals surface area contributed by atoms with Gasteiger partial charge in [0, 0.05) is 31.2 Å².